The number of pyridine rings is 1. The number of aromatic nitrogens is 3. The Morgan fingerprint density at radius 1 is 1.00 bits per heavy atom. The van der Waals surface area contributed by atoms with E-state index in [-0.39, 0.29) is 0 Å². The van der Waals surface area contributed by atoms with Crippen molar-refractivity contribution >= 4 is 5.95 Å². The van der Waals surface area contributed by atoms with Gasteiger partial charge in [0.1, 0.15) is 0 Å². The number of nitrogens with zero attached hydrogens (tertiary/aromatic N) is 5. The summed E-state index contributed by atoms with van der Waals surface area (Å²) in [4.78, 5) is 18.5. The molecular weight excluding hydrogens is 310 g/mol. The minimum absolute atomic E-state index is 0.466. The normalized spacial score (nSPS) is 20.8. The maximum Gasteiger partial charge on any atom is 0.225 e. The summed E-state index contributed by atoms with van der Waals surface area (Å²) >= 11 is 0. The van der Waals surface area contributed by atoms with Crippen LogP contribution in [0.3, 0.4) is 0 Å². The molecule has 0 atom stereocenters. The molecule has 4 rings (SSSR count). The number of rotatable bonds is 3. The summed E-state index contributed by atoms with van der Waals surface area (Å²) < 4.78 is 0. The van der Waals surface area contributed by atoms with Gasteiger partial charge < -0.3 is 4.90 Å². The Morgan fingerprint density at radius 2 is 1.80 bits per heavy atom. The third kappa shape index (κ3) is 3.82. The molecule has 132 valence electrons. The van der Waals surface area contributed by atoms with Crippen LogP contribution >= 0.6 is 0 Å². The number of piperidine rings is 2. The molecule has 5 nitrogen and oxygen atoms in total. The molecule has 0 aromatic carbocycles. The maximum atomic E-state index is 4.50. The number of anilines is 1. The lowest BCUT2D eigenvalue weighted by molar-refractivity contribution is 0.0596. The predicted molar refractivity (Wildman–Crippen MR) is 99.4 cm³/mol. The van der Waals surface area contributed by atoms with Crippen molar-refractivity contribution in [1.82, 2.24) is 19.9 Å². The van der Waals surface area contributed by atoms with Crippen LogP contribution in [0, 0.1) is 12.3 Å². The monoisotopic (exact) mass is 337 g/mol. The summed E-state index contributed by atoms with van der Waals surface area (Å²) in [5.41, 5.74) is 2.77. The van der Waals surface area contributed by atoms with E-state index in [0.29, 0.717) is 5.41 Å². The molecule has 25 heavy (non-hydrogen) atoms. The van der Waals surface area contributed by atoms with Crippen molar-refractivity contribution in [3.05, 3.63) is 48.0 Å². The van der Waals surface area contributed by atoms with Gasteiger partial charge in [-0.1, -0.05) is 6.07 Å². The van der Waals surface area contributed by atoms with Gasteiger partial charge in [-0.3, -0.25) is 9.88 Å². The van der Waals surface area contributed by atoms with Gasteiger partial charge in [-0.25, -0.2) is 9.97 Å². The van der Waals surface area contributed by atoms with Crippen molar-refractivity contribution in [3.63, 3.8) is 0 Å². The lowest BCUT2D eigenvalue weighted by atomic mass is 9.72. The van der Waals surface area contributed by atoms with E-state index < -0.39 is 0 Å². The van der Waals surface area contributed by atoms with Crippen LogP contribution in [-0.4, -0.2) is 46.0 Å². The van der Waals surface area contributed by atoms with Crippen molar-refractivity contribution in [2.24, 2.45) is 5.41 Å². The Labute approximate surface area is 150 Å². The van der Waals surface area contributed by atoms with E-state index in [2.05, 4.69) is 36.9 Å². The third-order valence-corrected chi connectivity index (χ3v) is 5.73. The molecule has 0 aliphatic carbocycles. The Balaban J connectivity index is 1.37. The molecule has 2 aromatic heterocycles. The molecular formula is C20H27N5. The number of hydrogen-bond donors (Lipinski definition) is 0. The van der Waals surface area contributed by atoms with Crippen molar-refractivity contribution in [3.8, 4) is 0 Å². The largest absolute Gasteiger partial charge is 0.341 e. The highest BCUT2D eigenvalue weighted by Gasteiger charge is 2.38. The first-order valence-corrected chi connectivity index (χ1v) is 9.38. The molecule has 0 N–H and O–H groups in total. The molecule has 2 saturated heterocycles. The highest BCUT2D eigenvalue weighted by Crippen LogP contribution is 2.40. The quantitative estimate of drug-likeness (QED) is 0.861. The van der Waals surface area contributed by atoms with Gasteiger partial charge in [0, 0.05) is 44.8 Å². The Hall–Kier alpha value is -2.01. The van der Waals surface area contributed by atoms with Crippen molar-refractivity contribution in [2.75, 3.05) is 31.1 Å². The molecule has 0 radical (unpaired) electrons. The summed E-state index contributed by atoms with van der Waals surface area (Å²) in [6.07, 6.45) is 10.9. The fraction of sp³-hybridized carbons (Fsp3) is 0.550. The maximum absolute atomic E-state index is 4.50. The molecule has 5 heteroatoms. The zero-order valence-electron chi connectivity index (χ0n) is 15.1. The summed E-state index contributed by atoms with van der Waals surface area (Å²) in [6.45, 7) is 7.55. The zero-order chi connectivity index (χ0) is 17.1. The fourth-order valence-corrected chi connectivity index (χ4v) is 4.30. The first kappa shape index (κ1) is 16.5. The fourth-order valence-electron chi connectivity index (χ4n) is 4.30. The van der Waals surface area contributed by atoms with Crippen LogP contribution in [0.25, 0.3) is 0 Å². The van der Waals surface area contributed by atoms with E-state index in [9.17, 15) is 0 Å². The van der Waals surface area contributed by atoms with Crippen LogP contribution < -0.4 is 4.90 Å². The van der Waals surface area contributed by atoms with E-state index >= 15 is 0 Å². The second-order valence-electron chi connectivity index (χ2n) is 7.68. The van der Waals surface area contributed by atoms with Crippen molar-refractivity contribution in [2.45, 2.75) is 39.2 Å². The van der Waals surface area contributed by atoms with Gasteiger partial charge in [0.2, 0.25) is 5.95 Å². The molecule has 2 fully saturated rings. The van der Waals surface area contributed by atoms with Crippen molar-refractivity contribution < 1.29 is 0 Å². The molecule has 2 aliphatic heterocycles. The lowest BCUT2D eigenvalue weighted by Gasteiger charge is -2.47. The Bertz CT molecular complexity index is 677. The minimum Gasteiger partial charge on any atom is -0.341 e. The molecule has 0 unspecified atom stereocenters. The van der Waals surface area contributed by atoms with Crippen LogP contribution in [0.15, 0.2) is 36.8 Å². The van der Waals surface area contributed by atoms with Gasteiger partial charge in [-0.05, 0) is 62.3 Å². The smallest absolute Gasteiger partial charge is 0.225 e. The van der Waals surface area contributed by atoms with E-state index in [1.165, 1.54) is 44.5 Å². The standard InChI is InChI=1S/C20H27N5/c1-17-13-22-19(23-14-17)25-11-7-20(8-12-25)6-4-10-24(16-20)15-18-5-2-3-9-21-18/h2-3,5,9,13-14H,4,6-8,10-12,15-16H2,1H3. The van der Waals surface area contributed by atoms with Gasteiger partial charge in [0.25, 0.3) is 0 Å². The zero-order valence-corrected chi connectivity index (χ0v) is 15.1. The molecule has 2 aliphatic rings. The van der Waals surface area contributed by atoms with Gasteiger partial charge in [0.05, 0.1) is 5.69 Å². The number of likely N-dealkylation sites (tertiary alicyclic amines) is 1. The van der Waals surface area contributed by atoms with Crippen LogP contribution in [0.2, 0.25) is 0 Å². The SMILES string of the molecule is Cc1cnc(N2CCC3(CCCN(Cc4ccccn4)C3)CC2)nc1. The van der Waals surface area contributed by atoms with Gasteiger partial charge in [-0.2, -0.15) is 0 Å². The van der Waals surface area contributed by atoms with Gasteiger partial charge >= 0.3 is 0 Å². The van der Waals surface area contributed by atoms with E-state index in [0.717, 1.165) is 31.1 Å². The average Bonchev–Trinajstić information content (AvgIpc) is 2.64. The summed E-state index contributed by atoms with van der Waals surface area (Å²) in [5, 5.41) is 0. The minimum atomic E-state index is 0.466. The van der Waals surface area contributed by atoms with E-state index in [4.69, 9.17) is 0 Å². The van der Waals surface area contributed by atoms with E-state index in [1.807, 2.05) is 31.6 Å². The second-order valence-corrected chi connectivity index (χ2v) is 7.68. The summed E-state index contributed by atoms with van der Waals surface area (Å²) in [7, 11) is 0. The highest BCUT2D eigenvalue weighted by molar-refractivity contribution is 5.30. The molecule has 0 amide bonds. The summed E-state index contributed by atoms with van der Waals surface area (Å²) in [6, 6.07) is 6.21. The third-order valence-electron chi connectivity index (χ3n) is 5.73. The van der Waals surface area contributed by atoms with Crippen LogP contribution in [0.5, 0.6) is 0 Å². The average molecular weight is 337 g/mol. The Kier molecular flexibility index (Phi) is 4.66. The van der Waals surface area contributed by atoms with E-state index in [1.54, 1.807) is 0 Å². The molecule has 0 bridgehead atoms. The summed E-state index contributed by atoms with van der Waals surface area (Å²) in [5.74, 6) is 0.890. The number of hydrogen-bond acceptors (Lipinski definition) is 5. The van der Waals surface area contributed by atoms with Crippen LogP contribution in [-0.2, 0) is 6.54 Å². The lowest BCUT2D eigenvalue weighted by Crippen LogP contribution is -2.49. The molecule has 1 spiro atoms. The van der Waals surface area contributed by atoms with Gasteiger partial charge in [0.15, 0.2) is 0 Å². The second kappa shape index (κ2) is 7.08. The molecule has 0 saturated carbocycles. The highest BCUT2D eigenvalue weighted by atomic mass is 15.3. The molecule has 4 heterocycles. The van der Waals surface area contributed by atoms with Gasteiger partial charge in [-0.15, -0.1) is 0 Å². The van der Waals surface area contributed by atoms with Crippen LogP contribution in [0.4, 0.5) is 5.95 Å². The van der Waals surface area contributed by atoms with Crippen LogP contribution in [0.1, 0.15) is 36.9 Å². The predicted octanol–water partition coefficient (Wildman–Crippen LogP) is 3.06. The Morgan fingerprint density at radius 3 is 2.52 bits per heavy atom. The first-order chi connectivity index (χ1) is 12.2. The molecule has 2 aromatic rings. The van der Waals surface area contributed by atoms with Crippen molar-refractivity contribution in [1.29, 1.82) is 0 Å². The number of aryl methyl sites for hydroxylation is 1. The first-order valence-electron chi connectivity index (χ1n) is 9.38. The topological polar surface area (TPSA) is 45.2 Å².